The average Bonchev–Trinajstić information content (AvgIpc) is 2.68. The standard InChI is InChI=1S/C22H26FNO3/c1-22(2,16-10-12-17(23)13-11-16)21(25)24-19-8-3-4-9-20(19)27-15-18-7-5-6-14-26-18/h3-4,8-13,18H,5-7,14-15H2,1-2H3,(H,24,25). The largest absolute Gasteiger partial charge is 0.489 e. The lowest BCUT2D eigenvalue weighted by molar-refractivity contribution is -0.120. The minimum Gasteiger partial charge on any atom is -0.489 e. The highest BCUT2D eigenvalue weighted by atomic mass is 19.1. The van der Waals surface area contributed by atoms with Crippen LogP contribution in [0.3, 0.4) is 0 Å². The summed E-state index contributed by atoms with van der Waals surface area (Å²) >= 11 is 0. The van der Waals surface area contributed by atoms with Crippen molar-refractivity contribution in [1.29, 1.82) is 0 Å². The molecule has 1 atom stereocenters. The van der Waals surface area contributed by atoms with Crippen LogP contribution in [0.4, 0.5) is 10.1 Å². The zero-order valence-corrected chi connectivity index (χ0v) is 15.8. The summed E-state index contributed by atoms with van der Waals surface area (Å²) in [6, 6.07) is 13.4. The van der Waals surface area contributed by atoms with E-state index >= 15 is 0 Å². The molecule has 0 aromatic heterocycles. The van der Waals surface area contributed by atoms with Gasteiger partial charge in [-0.1, -0.05) is 24.3 Å². The summed E-state index contributed by atoms with van der Waals surface area (Å²) < 4.78 is 24.8. The van der Waals surface area contributed by atoms with Crippen LogP contribution in [0.1, 0.15) is 38.7 Å². The predicted molar refractivity (Wildman–Crippen MR) is 104 cm³/mol. The third-order valence-electron chi connectivity index (χ3n) is 4.97. The molecule has 3 rings (SSSR count). The molecule has 1 aliphatic rings. The van der Waals surface area contributed by atoms with E-state index in [4.69, 9.17) is 9.47 Å². The minimum absolute atomic E-state index is 0.0955. The first-order valence-electron chi connectivity index (χ1n) is 9.38. The highest BCUT2D eigenvalue weighted by Gasteiger charge is 2.30. The molecule has 1 saturated heterocycles. The van der Waals surface area contributed by atoms with E-state index in [9.17, 15) is 9.18 Å². The van der Waals surface area contributed by atoms with Crippen LogP contribution in [0.15, 0.2) is 48.5 Å². The summed E-state index contributed by atoms with van der Waals surface area (Å²) in [5, 5.41) is 2.95. The number of benzene rings is 2. The van der Waals surface area contributed by atoms with Crippen LogP contribution in [-0.4, -0.2) is 25.2 Å². The SMILES string of the molecule is CC(C)(C(=O)Nc1ccccc1OCC1CCCCO1)c1ccc(F)cc1. The molecule has 27 heavy (non-hydrogen) atoms. The number of hydrogen-bond acceptors (Lipinski definition) is 3. The number of rotatable bonds is 6. The number of halogens is 1. The van der Waals surface area contributed by atoms with Crippen LogP contribution in [-0.2, 0) is 14.9 Å². The van der Waals surface area contributed by atoms with Gasteiger partial charge in [0, 0.05) is 6.61 Å². The van der Waals surface area contributed by atoms with Gasteiger partial charge in [0.25, 0.3) is 0 Å². The fourth-order valence-corrected chi connectivity index (χ4v) is 3.09. The normalized spacial score (nSPS) is 17.4. The summed E-state index contributed by atoms with van der Waals surface area (Å²) in [6.45, 7) is 4.87. The molecule has 1 heterocycles. The highest BCUT2D eigenvalue weighted by Crippen LogP contribution is 2.29. The van der Waals surface area contributed by atoms with Crippen molar-refractivity contribution in [3.8, 4) is 5.75 Å². The van der Waals surface area contributed by atoms with Gasteiger partial charge in [-0.25, -0.2) is 4.39 Å². The Morgan fingerprint density at radius 2 is 1.93 bits per heavy atom. The molecule has 0 saturated carbocycles. The first-order valence-corrected chi connectivity index (χ1v) is 9.38. The van der Waals surface area contributed by atoms with Crippen LogP contribution in [0.2, 0.25) is 0 Å². The van der Waals surface area contributed by atoms with Gasteiger partial charge >= 0.3 is 0 Å². The lowest BCUT2D eigenvalue weighted by atomic mass is 9.83. The molecule has 0 spiro atoms. The van der Waals surface area contributed by atoms with Crippen LogP contribution < -0.4 is 10.1 Å². The Hall–Kier alpha value is -2.40. The third kappa shape index (κ3) is 4.86. The first-order chi connectivity index (χ1) is 13.0. The second kappa shape index (κ2) is 8.53. The van der Waals surface area contributed by atoms with E-state index in [0.29, 0.717) is 18.0 Å². The Kier molecular flexibility index (Phi) is 6.11. The van der Waals surface area contributed by atoms with Crippen molar-refractivity contribution in [2.75, 3.05) is 18.5 Å². The Labute approximate surface area is 159 Å². The van der Waals surface area contributed by atoms with Gasteiger partial charge in [0.05, 0.1) is 17.2 Å². The van der Waals surface area contributed by atoms with Crippen molar-refractivity contribution in [1.82, 2.24) is 0 Å². The van der Waals surface area contributed by atoms with Crippen molar-refractivity contribution in [2.45, 2.75) is 44.6 Å². The molecule has 0 radical (unpaired) electrons. The molecule has 1 fully saturated rings. The molecule has 1 aliphatic heterocycles. The van der Waals surface area contributed by atoms with E-state index in [0.717, 1.165) is 31.4 Å². The Balaban J connectivity index is 1.69. The fourth-order valence-electron chi connectivity index (χ4n) is 3.09. The maximum Gasteiger partial charge on any atom is 0.234 e. The average molecular weight is 371 g/mol. The lowest BCUT2D eigenvalue weighted by Crippen LogP contribution is -2.35. The molecular weight excluding hydrogens is 345 g/mol. The monoisotopic (exact) mass is 371 g/mol. The van der Waals surface area contributed by atoms with Gasteiger partial charge in [0.15, 0.2) is 0 Å². The zero-order valence-electron chi connectivity index (χ0n) is 15.8. The van der Waals surface area contributed by atoms with Crippen LogP contribution in [0.5, 0.6) is 5.75 Å². The van der Waals surface area contributed by atoms with Crippen molar-refractivity contribution < 1.29 is 18.7 Å². The van der Waals surface area contributed by atoms with Crippen molar-refractivity contribution in [3.63, 3.8) is 0 Å². The number of hydrogen-bond donors (Lipinski definition) is 1. The number of nitrogens with one attached hydrogen (secondary N) is 1. The van der Waals surface area contributed by atoms with Gasteiger partial charge in [0.1, 0.15) is 18.2 Å². The Morgan fingerprint density at radius 1 is 1.19 bits per heavy atom. The quantitative estimate of drug-likeness (QED) is 0.801. The highest BCUT2D eigenvalue weighted by molar-refractivity contribution is 5.99. The molecule has 1 N–H and O–H groups in total. The molecule has 144 valence electrons. The van der Waals surface area contributed by atoms with E-state index in [1.54, 1.807) is 12.1 Å². The molecule has 4 nitrogen and oxygen atoms in total. The van der Waals surface area contributed by atoms with Crippen molar-refractivity contribution >= 4 is 11.6 Å². The first kappa shape index (κ1) is 19.4. The van der Waals surface area contributed by atoms with E-state index in [1.807, 2.05) is 38.1 Å². The summed E-state index contributed by atoms with van der Waals surface area (Å²) in [6.07, 6.45) is 3.34. The minimum atomic E-state index is -0.812. The number of carbonyl (C=O) groups is 1. The number of carbonyl (C=O) groups excluding carboxylic acids is 1. The van der Waals surface area contributed by atoms with E-state index in [-0.39, 0.29) is 17.8 Å². The van der Waals surface area contributed by atoms with E-state index in [2.05, 4.69) is 5.32 Å². The van der Waals surface area contributed by atoms with Crippen molar-refractivity contribution in [3.05, 3.63) is 59.9 Å². The molecule has 5 heteroatoms. The molecule has 1 amide bonds. The van der Waals surface area contributed by atoms with Gasteiger partial charge in [-0.2, -0.15) is 0 Å². The summed E-state index contributed by atoms with van der Waals surface area (Å²) in [5.41, 5.74) is 0.553. The van der Waals surface area contributed by atoms with E-state index < -0.39 is 5.41 Å². The van der Waals surface area contributed by atoms with Crippen LogP contribution >= 0.6 is 0 Å². The van der Waals surface area contributed by atoms with Crippen molar-refractivity contribution in [2.24, 2.45) is 0 Å². The zero-order chi connectivity index (χ0) is 19.3. The van der Waals surface area contributed by atoms with Gasteiger partial charge in [-0.05, 0) is 62.9 Å². The van der Waals surface area contributed by atoms with Crippen LogP contribution in [0.25, 0.3) is 0 Å². The summed E-state index contributed by atoms with van der Waals surface area (Å²) in [7, 11) is 0. The molecule has 2 aromatic carbocycles. The molecule has 1 unspecified atom stereocenters. The van der Waals surface area contributed by atoms with Gasteiger partial charge in [0.2, 0.25) is 5.91 Å². The molecule has 0 bridgehead atoms. The van der Waals surface area contributed by atoms with E-state index in [1.165, 1.54) is 12.1 Å². The second-order valence-electron chi connectivity index (χ2n) is 7.38. The Morgan fingerprint density at radius 3 is 2.63 bits per heavy atom. The number of para-hydroxylation sites is 2. The number of ether oxygens (including phenoxy) is 2. The maximum absolute atomic E-state index is 13.2. The summed E-state index contributed by atoms with van der Waals surface area (Å²) in [5.74, 6) is 0.118. The Bertz CT molecular complexity index is 767. The lowest BCUT2D eigenvalue weighted by Gasteiger charge is -2.26. The second-order valence-corrected chi connectivity index (χ2v) is 7.38. The topological polar surface area (TPSA) is 47.6 Å². The summed E-state index contributed by atoms with van der Waals surface area (Å²) in [4.78, 5) is 12.9. The number of amides is 1. The molecule has 2 aromatic rings. The maximum atomic E-state index is 13.2. The smallest absolute Gasteiger partial charge is 0.234 e. The molecular formula is C22H26FNO3. The molecule has 0 aliphatic carbocycles. The van der Waals surface area contributed by atoms with Crippen LogP contribution in [0, 0.1) is 5.82 Å². The van der Waals surface area contributed by atoms with Gasteiger partial charge in [-0.15, -0.1) is 0 Å². The number of anilines is 1. The van der Waals surface area contributed by atoms with Gasteiger partial charge < -0.3 is 14.8 Å². The third-order valence-corrected chi connectivity index (χ3v) is 4.97. The van der Waals surface area contributed by atoms with Gasteiger partial charge in [-0.3, -0.25) is 4.79 Å². The fraction of sp³-hybridized carbons (Fsp3) is 0.409. The predicted octanol–water partition coefficient (Wildman–Crippen LogP) is 4.69.